The topological polar surface area (TPSA) is 125 Å². The van der Waals surface area contributed by atoms with Gasteiger partial charge in [-0.25, -0.2) is 13.2 Å². The SMILES string of the molecule is COC(=O)c1cc(S(=O)(=O)N[C@]2(C(=O)OC)C[C@H]2C)on1. The quantitative estimate of drug-likeness (QED) is 0.733. The van der Waals surface area contributed by atoms with Gasteiger partial charge in [0.1, 0.15) is 5.54 Å². The fourth-order valence-electron chi connectivity index (χ4n) is 1.95. The number of ether oxygens (including phenoxy) is 2. The van der Waals surface area contributed by atoms with Crippen LogP contribution < -0.4 is 4.72 Å². The van der Waals surface area contributed by atoms with Crippen molar-refractivity contribution in [3.8, 4) is 0 Å². The molecule has 116 valence electrons. The van der Waals surface area contributed by atoms with Gasteiger partial charge in [0, 0.05) is 6.07 Å². The van der Waals surface area contributed by atoms with Crippen molar-refractivity contribution in [2.24, 2.45) is 5.92 Å². The van der Waals surface area contributed by atoms with E-state index in [1.165, 1.54) is 7.11 Å². The van der Waals surface area contributed by atoms with Crippen LogP contribution in [-0.4, -0.2) is 45.3 Å². The predicted molar refractivity (Wildman–Crippen MR) is 66.7 cm³/mol. The molecule has 1 saturated carbocycles. The predicted octanol–water partition coefficient (Wildman–Crippen LogP) is -0.309. The van der Waals surface area contributed by atoms with E-state index in [4.69, 9.17) is 0 Å². The lowest BCUT2D eigenvalue weighted by Gasteiger charge is -2.14. The molecule has 9 nitrogen and oxygen atoms in total. The summed E-state index contributed by atoms with van der Waals surface area (Å²) < 4.78 is 40.2. The third kappa shape index (κ3) is 2.63. The fourth-order valence-corrected chi connectivity index (χ4v) is 3.30. The minimum Gasteiger partial charge on any atom is -0.468 e. The van der Waals surface area contributed by atoms with Crippen LogP contribution in [0.3, 0.4) is 0 Å². The first-order valence-electron chi connectivity index (χ1n) is 5.94. The zero-order valence-corrected chi connectivity index (χ0v) is 12.4. The number of rotatable bonds is 5. The lowest BCUT2D eigenvalue weighted by atomic mass is 10.2. The normalized spacial score (nSPS) is 24.4. The van der Waals surface area contributed by atoms with Gasteiger partial charge in [0.05, 0.1) is 14.2 Å². The van der Waals surface area contributed by atoms with Crippen molar-refractivity contribution in [2.45, 2.75) is 24.0 Å². The molecule has 1 aromatic heterocycles. The summed E-state index contributed by atoms with van der Waals surface area (Å²) in [5, 5.41) is 2.72. The Labute approximate surface area is 120 Å². The highest BCUT2D eigenvalue weighted by molar-refractivity contribution is 7.89. The summed E-state index contributed by atoms with van der Waals surface area (Å²) >= 11 is 0. The molecule has 1 fully saturated rings. The summed E-state index contributed by atoms with van der Waals surface area (Å²) in [6.07, 6.45) is 0.316. The molecule has 2 rings (SSSR count). The van der Waals surface area contributed by atoms with Gasteiger partial charge in [0.25, 0.3) is 15.1 Å². The van der Waals surface area contributed by atoms with E-state index in [9.17, 15) is 18.0 Å². The van der Waals surface area contributed by atoms with Crippen molar-refractivity contribution in [1.82, 2.24) is 9.88 Å². The van der Waals surface area contributed by atoms with Crippen molar-refractivity contribution in [2.75, 3.05) is 14.2 Å². The third-order valence-electron chi connectivity index (χ3n) is 3.32. The number of methoxy groups -OCH3 is 2. The van der Waals surface area contributed by atoms with E-state index in [1.807, 2.05) is 0 Å². The van der Waals surface area contributed by atoms with E-state index < -0.39 is 32.6 Å². The van der Waals surface area contributed by atoms with Gasteiger partial charge in [-0.15, -0.1) is 0 Å². The van der Waals surface area contributed by atoms with Crippen LogP contribution in [0.1, 0.15) is 23.8 Å². The lowest BCUT2D eigenvalue weighted by Crippen LogP contribution is -2.45. The maximum absolute atomic E-state index is 12.2. The van der Waals surface area contributed by atoms with E-state index >= 15 is 0 Å². The molecular weight excluding hydrogens is 304 g/mol. The summed E-state index contributed by atoms with van der Waals surface area (Å²) in [5.74, 6) is -1.71. The summed E-state index contributed by atoms with van der Waals surface area (Å²) in [4.78, 5) is 22.9. The van der Waals surface area contributed by atoms with Crippen LogP contribution in [0, 0.1) is 5.92 Å². The number of aromatic nitrogens is 1. The molecular formula is C11H14N2O7S. The maximum atomic E-state index is 12.2. The van der Waals surface area contributed by atoms with Crippen LogP contribution in [-0.2, 0) is 24.3 Å². The number of nitrogens with zero attached hydrogens (tertiary/aromatic N) is 1. The van der Waals surface area contributed by atoms with Gasteiger partial charge in [0.15, 0.2) is 5.69 Å². The monoisotopic (exact) mass is 318 g/mol. The molecule has 0 bridgehead atoms. The molecule has 0 spiro atoms. The second-order valence-electron chi connectivity index (χ2n) is 4.70. The van der Waals surface area contributed by atoms with Crippen LogP contribution >= 0.6 is 0 Å². The molecule has 0 unspecified atom stereocenters. The highest BCUT2D eigenvalue weighted by Gasteiger charge is 2.61. The third-order valence-corrected chi connectivity index (χ3v) is 4.68. The molecule has 21 heavy (non-hydrogen) atoms. The molecule has 2 atom stereocenters. The van der Waals surface area contributed by atoms with Crippen LogP contribution in [0.25, 0.3) is 0 Å². The van der Waals surface area contributed by atoms with Gasteiger partial charge in [-0.3, -0.25) is 4.79 Å². The van der Waals surface area contributed by atoms with Crippen molar-refractivity contribution in [3.63, 3.8) is 0 Å². The first-order chi connectivity index (χ1) is 9.76. The van der Waals surface area contributed by atoms with Gasteiger partial charge < -0.3 is 14.0 Å². The molecule has 0 saturated heterocycles. The number of nitrogens with one attached hydrogen (secondary N) is 1. The zero-order chi connectivity index (χ0) is 15.8. The van der Waals surface area contributed by atoms with Crippen molar-refractivity contribution >= 4 is 22.0 Å². The van der Waals surface area contributed by atoms with E-state index in [0.717, 1.165) is 13.2 Å². The fraction of sp³-hybridized carbons (Fsp3) is 0.545. The minimum absolute atomic E-state index is 0.206. The Kier molecular flexibility index (Phi) is 3.76. The number of hydrogen-bond donors (Lipinski definition) is 1. The summed E-state index contributed by atoms with van der Waals surface area (Å²) in [6.45, 7) is 1.71. The number of esters is 2. The van der Waals surface area contributed by atoms with Gasteiger partial charge in [-0.2, -0.15) is 4.72 Å². The summed E-state index contributed by atoms with van der Waals surface area (Å²) in [7, 11) is -1.85. The molecule has 1 aliphatic carbocycles. The Morgan fingerprint density at radius 1 is 1.43 bits per heavy atom. The van der Waals surface area contributed by atoms with Gasteiger partial charge in [-0.1, -0.05) is 12.1 Å². The Morgan fingerprint density at radius 3 is 2.52 bits per heavy atom. The van der Waals surface area contributed by atoms with E-state index in [1.54, 1.807) is 6.92 Å². The molecule has 1 aromatic rings. The lowest BCUT2D eigenvalue weighted by molar-refractivity contribution is -0.144. The zero-order valence-electron chi connectivity index (χ0n) is 11.6. The highest BCUT2D eigenvalue weighted by Crippen LogP contribution is 2.45. The first kappa shape index (κ1) is 15.4. The number of carbonyl (C=O) groups is 2. The average Bonchev–Trinajstić information content (AvgIpc) is 2.90. The Hall–Kier alpha value is -1.94. The average molecular weight is 318 g/mol. The van der Waals surface area contributed by atoms with Crippen molar-refractivity contribution in [3.05, 3.63) is 11.8 Å². The van der Waals surface area contributed by atoms with E-state index in [-0.39, 0.29) is 11.6 Å². The number of sulfonamides is 1. The van der Waals surface area contributed by atoms with Gasteiger partial charge in [0.2, 0.25) is 0 Å². The van der Waals surface area contributed by atoms with E-state index in [2.05, 4.69) is 23.9 Å². The first-order valence-corrected chi connectivity index (χ1v) is 7.42. The Bertz CT molecular complexity index is 680. The van der Waals surface area contributed by atoms with Gasteiger partial charge in [-0.05, 0) is 12.3 Å². The second kappa shape index (κ2) is 5.11. The molecule has 10 heteroatoms. The van der Waals surface area contributed by atoms with Crippen LogP contribution in [0.4, 0.5) is 0 Å². The smallest absolute Gasteiger partial charge is 0.360 e. The standard InChI is InChI=1S/C11H14N2O7S/c1-6-5-11(6,10(15)19-3)13-21(16,17)8-4-7(12-20-8)9(14)18-2/h4,6,13H,5H2,1-3H3/t6-,11-/m1/s1. The molecule has 0 amide bonds. The maximum Gasteiger partial charge on any atom is 0.360 e. The van der Waals surface area contributed by atoms with Crippen molar-refractivity contribution in [1.29, 1.82) is 0 Å². The molecule has 0 aromatic carbocycles. The Balaban J connectivity index is 2.25. The number of carbonyl (C=O) groups excluding carboxylic acids is 2. The molecule has 0 aliphatic heterocycles. The number of hydrogen-bond acceptors (Lipinski definition) is 8. The van der Waals surface area contributed by atoms with E-state index in [0.29, 0.717) is 6.42 Å². The summed E-state index contributed by atoms with van der Waals surface area (Å²) in [5.41, 5.74) is -1.58. The van der Waals surface area contributed by atoms with Gasteiger partial charge >= 0.3 is 11.9 Å². The van der Waals surface area contributed by atoms with Crippen LogP contribution in [0.5, 0.6) is 0 Å². The Morgan fingerprint density at radius 2 is 2.05 bits per heavy atom. The highest BCUT2D eigenvalue weighted by atomic mass is 32.2. The molecule has 1 aliphatic rings. The van der Waals surface area contributed by atoms with Crippen LogP contribution in [0.15, 0.2) is 15.7 Å². The minimum atomic E-state index is -4.15. The molecule has 0 radical (unpaired) electrons. The molecule has 1 N–H and O–H groups in total. The van der Waals surface area contributed by atoms with Crippen molar-refractivity contribution < 1.29 is 32.0 Å². The second-order valence-corrected chi connectivity index (χ2v) is 6.31. The summed E-state index contributed by atoms with van der Waals surface area (Å²) in [6, 6.07) is 0.923. The largest absolute Gasteiger partial charge is 0.468 e. The van der Waals surface area contributed by atoms with Crippen LogP contribution in [0.2, 0.25) is 0 Å². The molecule has 1 heterocycles.